The molecule has 2 aromatic carbocycles. The molecule has 2 aliphatic rings. The molecule has 0 unspecified atom stereocenters. The molecule has 8 nitrogen and oxygen atoms in total. The van der Waals surface area contributed by atoms with Gasteiger partial charge in [0.2, 0.25) is 0 Å². The first-order valence-electron chi connectivity index (χ1n) is 11.6. The average molecular weight is 480 g/mol. The van der Waals surface area contributed by atoms with E-state index in [0.717, 1.165) is 11.1 Å². The Hall–Kier alpha value is -2.79. The SMILES string of the molecule is N#Cc1ccc([C@@H]2O[C@H](CO)[C@@H](O)[C@H](O)[C@H]2O)cc1Cc1ccc(C#CC2(O)CCOCC2)cc1. The van der Waals surface area contributed by atoms with Crippen LogP contribution in [0.4, 0.5) is 0 Å². The molecule has 0 radical (unpaired) electrons. The molecule has 184 valence electrons. The van der Waals surface area contributed by atoms with Crippen LogP contribution in [0.3, 0.4) is 0 Å². The minimum Gasteiger partial charge on any atom is -0.394 e. The molecule has 5 atom stereocenters. The maximum Gasteiger partial charge on any atom is 0.130 e. The zero-order chi connectivity index (χ0) is 25.0. The second-order valence-electron chi connectivity index (χ2n) is 9.05. The molecule has 2 aliphatic heterocycles. The Morgan fingerprint density at radius 1 is 0.971 bits per heavy atom. The van der Waals surface area contributed by atoms with Gasteiger partial charge >= 0.3 is 0 Å². The highest BCUT2D eigenvalue weighted by atomic mass is 16.5. The van der Waals surface area contributed by atoms with Gasteiger partial charge in [0.05, 0.1) is 31.5 Å². The number of benzene rings is 2. The molecule has 2 fully saturated rings. The van der Waals surface area contributed by atoms with Gasteiger partial charge in [0.1, 0.15) is 36.1 Å². The number of nitriles is 1. The van der Waals surface area contributed by atoms with Crippen LogP contribution in [0.15, 0.2) is 42.5 Å². The van der Waals surface area contributed by atoms with Crippen molar-refractivity contribution in [1.29, 1.82) is 5.26 Å². The van der Waals surface area contributed by atoms with Crippen molar-refractivity contribution in [2.45, 2.75) is 55.4 Å². The van der Waals surface area contributed by atoms with Gasteiger partial charge in [0.15, 0.2) is 0 Å². The van der Waals surface area contributed by atoms with Gasteiger partial charge in [0, 0.05) is 18.4 Å². The van der Waals surface area contributed by atoms with Crippen LogP contribution in [0, 0.1) is 23.2 Å². The summed E-state index contributed by atoms with van der Waals surface area (Å²) in [6.07, 6.45) is -4.87. The number of ether oxygens (including phenoxy) is 2. The van der Waals surface area contributed by atoms with E-state index in [2.05, 4.69) is 17.9 Å². The Bertz CT molecular complexity index is 1120. The average Bonchev–Trinajstić information content (AvgIpc) is 2.87. The molecule has 0 aromatic heterocycles. The lowest BCUT2D eigenvalue weighted by Gasteiger charge is -2.40. The molecule has 5 N–H and O–H groups in total. The number of hydrogen-bond donors (Lipinski definition) is 5. The van der Waals surface area contributed by atoms with Crippen LogP contribution < -0.4 is 0 Å². The Morgan fingerprint density at radius 3 is 2.34 bits per heavy atom. The Kier molecular flexibility index (Phi) is 7.85. The molecular weight excluding hydrogens is 450 g/mol. The van der Waals surface area contributed by atoms with E-state index in [9.17, 15) is 30.8 Å². The minimum absolute atomic E-state index is 0.434. The molecular formula is C27H29NO7. The highest BCUT2D eigenvalue weighted by Gasteiger charge is 2.44. The van der Waals surface area contributed by atoms with E-state index in [4.69, 9.17) is 9.47 Å². The van der Waals surface area contributed by atoms with E-state index in [1.54, 1.807) is 18.2 Å². The molecule has 2 heterocycles. The summed E-state index contributed by atoms with van der Waals surface area (Å²) in [6, 6.07) is 14.7. The van der Waals surface area contributed by atoms with Gasteiger partial charge in [0.25, 0.3) is 0 Å². The summed E-state index contributed by atoms with van der Waals surface area (Å²) in [4.78, 5) is 0. The summed E-state index contributed by atoms with van der Waals surface area (Å²) in [6.45, 7) is 0.478. The van der Waals surface area contributed by atoms with Crippen LogP contribution in [-0.4, -0.2) is 75.4 Å². The highest BCUT2D eigenvalue weighted by molar-refractivity contribution is 5.45. The van der Waals surface area contributed by atoms with Crippen LogP contribution in [0.25, 0.3) is 0 Å². The minimum atomic E-state index is -1.47. The largest absolute Gasteiger partial charge is 0.394 e. The lowest BCUT2D eigenvalue weighted by molar-refractivity contribution is -0.231. The second-order valence-corrected chi connectivity index (χ2v) is 9.05. The lowest BCUT2D eigenvalue weighted by Crippen LogP contribution is -2.55. The fraction of sp³-hybridized carbons (Fsp3) is 0.444. The normalized spacial score (nSPS) is 27.9. The summed E-state index contributed by atoms with van der Waals surface area (Å²) in [7, 11) is 0. The summed E-state index contributed by atoms with van der Waals surface area (Å²) < 4.78 is 10.9. The zero-order valence-electron chi connectivity index (χ0n) is 19.2. The van der Waals surface area contributed by atoms with Crippen molar-refractivity contribution >= 4 is 0 Å². The molecule has 0 spiro atoms. The number of rotatable bonds is 4. The predicted octanol–water partition coefficient (Wildman–Crippen LogP) is 0.557. The Labute approximate surface area is 204 Å². The maximum atomic E-state index is 10.5. The van der Waals surface area contributed by atoms with Crippen LogP contribution in [-0.2, 0) is 15.9 Å². The predicted molar refractivity (Wildman–Crippen MR) is 125 cm³/mol. The van der Waals surface area contributed by atoms with Crippen molar-refractivity contribution in [1.82, 2.24) is 0 Å². The van der Waals surface area contributed by atoms with Crippen molar-refractivity contribution in [2.24, 2.45) is 0 Å². The van der Waals surface area contributed by atoms with Gasteiger partial charge in [-0.25, -0.2) is 0 Å². The molecule has 0 saturated carbocycles. The first-order valence-corrected chi connectivity index (χ1v) is 11.6. The van der Waals surface area contributed by atoms with E-state index in [1.807, 2.05) is 24.3 Å². The van der Waals surface area contributed by atoms with Gasteiger partial charge in [-0.05, 0) is 41.3 Å². The number of nitrogens with zero attached hydrogens (tertiary/aromatic N) is 1. The van der Waals surface area contributed by atoms with Crippen LogP contribution in [0.1, 0.15) is 46.8 Å². The lowest BCUT2D eigenvalue weighted by atomic mass is 9.89. The van der Waals surface area contributed by atoms with E-state index in [1.165, 1.54) is 0 Å². The molecule has 2 saturated heterocycles. The molecule has 35 heavy (non-hydrogen) atoms. The third-order valence-corrected chi connectivity index (χ3v) is 6.58. The molecule has 2 aromatic rings. The summed E-state index contributed by atoms with van der Waals surface area (Å²) in [5.74, 6) is 5.98. The Balaban J connectivity index is 1.52. The third kappa shape index (κ3) is 5.72. The smallest absolute Gasteiger partial charge is 0.130 e. The van der Waals surface area contributed by atoms with Crippen molar-refractivity contribution in [3.05, 3.63) is 70.3 Å². The van der Waals surface area contributed by atoms with Crippen LogP contribution in [0.5, 0.6) is 0 Å². The van der Waals surface area contributed by atoms with Gasteiger partial charge < -0.3 is 35.0 Å². The second kappa shape index (κ2) is 10.9. The Morgan fingerprint density at radius 2 is 1.69 bits per heavy atom. The van der Waals surface area contributed by atoms with Crippen molar-refractivity contribution in [3.63, 3.8) is 0 Å². The van der Waals surface area contributed by atoms with Gasteiger partial charge in [-0.1, -0.05) is 36.1 Å². The molecule has 0 aliphatic carbocycles. The first-order chi connectivity index (χ1) is 16.8. The maximum absolute atomic E-state index is 10.5. The van der Waals surface area contributed by atoms with Crippen molar-refractivity contribution in [2.75, 3.05) is 19.8 Å². The van der Waals surface area contributed by atoms with Crippen molar-refractivity contribution < 1.29 is 35.0 Å². The van der Waals surface area contributed by atoms with Gasteiger partial charge in [-0.2, -0.15) is 5.26 Å². The zero-order valence-corrected chi connectivity index (χ0v) is 19.2. The van der Waals surface area contributed by atoms with E-state index in [0.29, 0.717) is 49.2 Å². The van der Waals surface area contributed by atoms with Crippen molar-refractivity contribution in [3.8, 4) is 17.9 Å². The summed E-state index contributed by atoms with van der Waals surface area (Å²) in [5.41, 5.74) is 2.38. The highest BCUT2D eigenvalue weighted by Crippen LogP contribution is 2.33. The van der Waals surface area contributed by atoms with E-state index >= 15 is 0 Å². The van der Waals surface area contributed by atoms with Crippen LogP contribution in [0.2, 0.25) is 0 Å². The molecule has 0 amide bonds. The van der Waals surface area contributed by atoms with E-state index < -0.39 is 42.7 Å². The topological polar surface area (TPSA) is 143 Å². The third-order valence-electron chi connectivity index (χ3n) is 6.58. The summed E-state index contributed by atoms with van der Waals surface area (Å²) in [5, 5.41) is 60.2. The number of aliphatic hydroxyl groups excluding tert-OH is 4. The van der Waals surface area contributed by atoms with Crippen LogP contribution >= 0.6 is 0 Å². The molecule has 8 heteroatoms. The van der Waals surface area contributed by atoms with E-state index in [-0.39, 0.29) is 0 Å². The molecule has 4 rings (SSSR count). The quantitative estimate of drug-likeness (QED) is 0.400. The molecule has 0 bridgehead atoms. The monoisotopic (exact) mass is 479 g/mol. The standard InChI is InChI=1S/C27H29NO7/c28-15-20-6-5-19(26-25(32)24(31)23(30)22(16-29)35-26)14-21(20)13-18-3-1-17(2-4-18)7-8-27(33)9-11-34-12-10-27/h1-6,14,22-26,29-33H,9-13,16H2/t22-,23-,24+,25-,26+/m1/s1. The first kappa shape index (κ1) is 25.3. The number of hydrogen-bond acceptors (Lipinski definition) is 8. The number of aliphatic hydroxyl groups is 5. The van der Waals surface area contributed by atoms with Gasteiger partial charge in [-0.3, -0.25) is 0 Å². The van der Waals surface area contributed by atoms with Gasteiger partial charge in [-0.15, -0.1) is 0 Å². The summed E-state index contributed by atoms with van der Waals surface area (Å²) >= 11 is 0. The fourth-order valence-corrected chi connectivity index (χ4v) is 4.37. The fourth-order valence-electron chi connectivity index (χ4n) is 4.37.